The average Bonchev–Trinajstić information content (AvgIpc) is 3.60. The summed E-state index contributed by atoms with van der Waals surface area (Å²) in [5.74, 6) is -0.0799. The van der Waals surface area contributed by atoms with Crippen molar-refractivity contribution < 1.29 is 53.1 Å². The Kier molecular flexibility index (Phi) is 9.86. The van der Waals surface area contributed by atoms with Crippen LogP contribution < -0.4 is 5.63 Å². The zero-order valence-corrected chi connectivity index (χ0v) is 33.1. The second-order valence-electron chi connectivity index (χ2n) is 17.5. The van der Waals surface area contributed by atoms with Crippen molar-refractivity contribution in [1.82, 2.24) is 0 Å². The van der Waals surface area contributed by atoms with Crippen LogP contribution in [0.4, 0.5) is 26.3 Å². The monoisotopic (exact) mass is 766 g/mol. The van der Waals surface area contributed by atoms with Gasteiger partial charge in [-0.15, -0.1) is 0 Å². The molecule has 2 aliphatic carbocycles. The van der Waals surface area contributed by atoms with Crippen molar-refractivity contribution in [3.63, 3.8) is 0 Å². The fraction of sp³-hybridized carbons (Fsp3) is 0.500. The standard InChI is InChI=1S/2C13H21.2C7H5F3O.Zr/c2*1-12(2,3)10-7-8-11(9-10)13(4,5)6;2*8-7(9,10)5-2-1-3-6(11)4-5;/h2*7-9H,1-6H3;2*1-4,11H;/q;;;;+2/p-2. The molecule has 0 saturated heterocycles. The number of hydrogen-bond acceptors (Lipinski definition) is 2. The number of allylic oxidation sites excluding steroid dienone is 8. The van der Waals surface area contributed by atoms with Crippen LogP contribution in [0.2, 0.25) is 6.25 Å². The first-order valence-electron chi connectivity index (χ1n) is 16.6. The molecule has 0 bridgehead atoms. The predicted molar refractivity (Wildman–Crippen MR) is 182 cm³/mol. The van der Waals surface area contributed by atoms with Crippen molar-refractivity contribution in [3.8, 4) is 11.5 Å². The summed E-state index contributed by atoms with van der Waals surface area (Å²) in [6.07, 6.45) is 3.19. The molecule has 0 N–H and O–H groups in total. The molecule has 0 heterocycles. The second kappa shape index (κ2) is 12.3. The van der Waals surface area contributed by atoms with Gasteiger partial charge in [0.25, 0.3) is 0 Å². The summed E-state index contributed by atoms with van der Waals surface area (Å²) in [6.45, 7) is 24.7. The van der Waals surface area contributed by atoms with Crippen LogP contribution in [-0.2, 0) is 33.5 Å². The van der Waals surface area contributed by atoms with Crippen molar-refractivity contribution >= 4 is 0 Å². The topological polar surface area (TPSA) is 18.5 Å². The van der Waals surface area contributed by atoms with Crippen molar-refractivity contribution in [1.29, 1.82) is 0 Å². The summed E-state index contributed by atoms with van der Waals surface area (Å²) in [7, 11) is 0. The fourth-order valence-electron chi connectivity index (χ4n) is 6.89. The van der Waals surface area contributed by atoms with E-state index in [1.807, 2.05) is 53.7 Å². The molecule has 2 atom stereocenters. The molecule has 0 spiro atoms. The summed E-state index contributed by atoms with van der Waals surface area (Å²) in [5, 5.41) is 0. The van der Waals surface area contributed by atoms with E-state index in [9.17, 15) is 26.3 Å². The van der Waals surface area contributed by atoms with Gasteiger partial charge in [0.15, 0.2) is 0 Å². The van der Waals surface area contributed by atoms with E-state index >= 15 is 0 Å². The molecule has 2 aromatic rings. The maximum atomic E-state index is 14.2. The van der Waals surface area contributed by atoms with Crippen molar-refractivity contribution in [2.75, 3.05) is 0 Å². The van der Waals surface area contributed by atoms with E-state index in [1.54, 1.807) is 0 Å². The van der Waals surface area contributed by atoms with Gasteiger partial charge in [-0.3, -0.25) is 0 Å². The molecule has 2 aliphatic rings. The number of halogens is 6. The number of rotatable bonds is 6. The van der Waals surface area contributed by atoms with Gasteiger partial charge in [0, 0.05) is 0 Å². The van der Waals surface area contributed by atoms with Crippen molar-refractivity contribution in [2.45, 2.75) is 102 Å². The molecular formula is C40H50F6O2Zr. The molecule has 9 heteroatoms. The van der Waals surface area contributed by atoms with Gasteiger partial charge in [-0.1, -0.05) is 0 Å². The normalized spacial score (nSPS) is 22.3. The Morgan fingerprint density at radius 3 is 1.08 bits per heavy atom. The molecule has 0 amide bonds. The fourth-order valence-corrected chi connectivity index (χ4v) is 20.6. The Bertz CT molecular complexity index is 1560. The van der Waals surface area contributed by atoms with Gasteiger partial charge in [0.05, 0.1) is 0 Å². The first kappa shape index (κ1) is 39.3. The van der Waals surface area contributed by atoms with E-state index in [4.69, 9.17) is 5.63 Å². The molecule has 0 aliphatic heterocycles. The Hall–Kier alpha value is -2.54. The Morgan fingerprint density at radius 1 is 0.510 bits per heavy atom. The predicted octanol–water partition coefficient (Wildman–Crippen LogP) is 13.7. The van der Waals surface area contributed by atoms with E-state index in [0.29, 0.717) is 0 Å². The molecule has 2 nitrogen and oxygen atoms in total. The van der Waals surface area contributed by atoms with Gasteiger partial charge < -0.3 is 0 Å². The van der Waals surface area contributed by atoms with E-state index in [2.05, 4.69) is 65.8 Å². The molecule has 0 fully saturated rings. The van der Waals surface area contributed by atoms with Crippen LogP contribution in [0.15, 0.2) is 96.1 Å². The van der Waals surface area contributed by atoms with Crippen LogP contribution in [0.5, 0.6) is 11.5 Å². The van der Waals surface area contributed by atoms with Gasteiger partial charge in [-0.05, 0) is 0 Å². The third kappa shape index (κ3) is 7.17. The van der Waals surface area contributed by atoms with Crippen LogP contribution in [0.3, 0.4) is 0 Å². The quantitative estimate of drug-likeness (QED) is 0.273. The summed E-state index contributed by atoms with van der Waals surface area (Å²) in [5.41, 5.74) is -1.84. The van der Waals surface area contributed by atoms with E-state index in [1.165, 1.54) is 24.3 Å². The van der Waals surface area contributed by atoms with Crippen molar-refractivity contribution in [3.05, 3.63) is 107 Å². The van der Waals surface area contributed by atoms with E-state index in [0.717, 1.165) is 35.4 Å². The SMILES string of the molecule is CC(C)(C)C1=C[C](C(C)(C)C)([Zr]([O]c2cccc(C(F)(F)F)c2)([O]c2cccc(C(F)(F)F)c2)[C]2(C(C)(C)C)C=CC(C(C)(C)C)=C2)C=C1. The second-order valence-corrected chi connectivity index (χ2v) is 25.6. The number of hydrogen-bond donors (Lipinski definition) is 0. The first-order valence-corrected chi connectivity index (χ1v) is 21.0. The van der Waals surface area contributed by atoms with Crippen molar-refractivity contribution in [2.24, 2.45) is 21.7 Å². The van der Waals surface area contributed by atoms with Gasteiger partial charge >= 0.3 is 295 Å². The number of alkyl halides is 6. The average molecular weight is 768 g/mol. The Balaban J connectivity index is 2.28. The van der Waals surface area contributed by atoms with Crippen LogP contribution in [0, 0.1) is 21.7 Å². The zero-order valence-electron chi connectivity index (χ0n) is 30.7. The molecule has 2 unspecified atom stereocenters. The van der Waals surface area contributed by atoms with Gasteiger partial charge in [-0.2, -0.15) is 0 Å². The Morgan fingerprint density at radius 2 is 0.837 bits per heavy atom. The minimum atomic E-state index is -5.70. The number of benzene rings is 2. The summed E-state index contributed by atoms with van der Waals surface area (Å²) in [4.78, 5) is 0. The van der Waals surface area contributed by atoms with E-state index in [-0.39, 0.29) is 22.3 Å². The zero-order chi connectivity index (χ0) is 37.3. The van der Waals surface area contributed by atoms with E-state index < -0.39 is 61.7 Å². The van der Waals surface area contributed by atoms with Gasteiger partial charge in [-0.25, -0.2) is 0 Å². The third-order valence-electron chi connectivity index (χ3n) is 9.97. The molecule has 49 heavy (non-hydrogen) atoms. The molecule has 0 saturated carbocycles. The molecular weight excluding hydrogens is 718 g/mol. The minimum absolute atomic E-state index is 0.0399. The molecule has 2 aromatic carbocycles. The third-order valence-corrected chi connectivity index (χ3v) is 23.1. The molecule has 4 rings (SSSR count). The Labute approximate surface area is 294 Å². The van der Waals surface area contributed by atoms with Crippen LogP contribution in [0.1, 0.15) is 94.2 Å². The van der Waals surface area contributed by atoms with Crippen LogP contribution in [-0.4, -0.2) is 0 Å². The van der Waals surface area contributed by atoms with Gasteiger partial charge in [0.2, 0.25) is 0 Å². The summed E-state index contributed by atoms with van der Waals surface area (Å²) < 4.78 is 97.6. The summed E-state index contributed by atoms with van der Waals surface area (Å²) in [6, 6.07) is 9.51. The molecule has 0 radical (unpaired) electrons. The van der Waals surface area contributed by atoms with Crippen LogP contribution in [0.25, 0.3) is 0 Å². The van der Waals surface area contributed by atoms with Crippen LogP contribution >= 0.6 is 0 Å². The molecule has 0 aromatic heterocycles. The van der Waals surface area contributed by atoms with Gasteiger partial charge in [0.1, 0.15) is 0 Å². The summed E-state index contributed by atoms with van der Waals surface area (Å²) >= 11 is -5.70. The molecule has 268 valence electrons. The first-order chi connectivity index (χ1) is 22.0. The maximum absolute atomic E-state index is 14.2.